The zero-order valence-corrected chi connectivity index (χ0v) is 8.36. The first kappa shape index (κ1) is 10.4. The van der Waals surface area contributed by atoms with E-state index in [0.29, 0.717) is 12.8 Å². The van der Waals surface area contributed by atoms with Gasteiger partial charge in [-0.2, -0.15) is 16.8 Å². The van der Waals surface area contributed by atoms with Gasteiger partial charge in [-0.3, -0.25) is 0 Å². The van der Waals surface area contributed by atoms with Crippen molar-refractivity contribution in [1.82, 2.24) is 0 Å². The molecule has 1 saturated carbocycles. The molecule has 1 atom stereocenters. The Labute approximate surface area is 78.6 Å². The van der Waals surface area contributed by atoms with Crippen molar-refractivity contribution in [2.45, 2.75) is 25.3 Å². The summed E-state index contributed by atoms with van der Waals surface area (Å²) < 4.78 is 42.6. The minimum absolute atomic E-state index is 0.0629. The Morgan fingerprint density at radius 3 is 2.15 bits per heavy atom. The van der Waals surface area contributed by atoms with Crippen molar-refractivity contribution < 1.29 is 16.8 Å². The molecule has 0 bridgehead atoms. The predicted octanol–water partition coefficient (Wildman–Crippen LogP) is -1.40. The Balaban J connectivity index is 3.44. The van der Waals surface area contributed by atoms with Gasteiger partial charge in [0.1, 0.15) is 4.86 Å². The molecule has 5 nitrogen and oxygen atoms in total. The molecule has 0 aromatic rings. The van der Waals surface area contributed by atoms with Crippen LogP contribution >= 0.6 is 0 Å². The maximum Gasteiger partial charge on any atom is 0.220 e. The van der Waals surface area contributed by atoms with E-state index in [1.54, 1.807) is 0 Å². The largest absolute Gasteiger partial charge is 0.323 e. The Morgan fingerprint density at radius 2 is 1.77 bits per heavy atom. The number of hydrogen-bond acceptors (Lipinski definition) is 5. The first-order chi connectivity index (χ1) is 6.04. The molecule has 1 aliphatic rings. The third kappa shape index (κ3) is 2.17. The average molecular weight is 223 g/mol. The summed E-state index contributed by atoms with van der Waals surface area (Å²) >= 11 is 0. The van der Waals surface area contributed by atoms with Gasteiger partial charge in [-0.1, -0.05) is 0 Å². The van der Waals surface area contributed by atoms with Crippen molar-refractivity contribution in [3.63, 3.8) is 0 Å². The lowest BCUT2D eigenvalue weighted by Gasteiger charge is -2.17. The SMILES string of the molecule is NC1CCCC(=S(=O)=O)C1=S(=O)=O. The van der Waals surface area contributed by atoms with Gasteiger partial charge in [-0.05, 0) is 19.3 Å². The van der Waals surface area contributed by atoms with Crippen LogP contribution in [0.3, 0.4) is 0 Å². The normalized spacial score (nSPS) is 23.0. The summed E-state index contributed by atoms with van der Waals surface area (Å²) in [5.41, 5.74) is 5.48. The third-order valence-corrected chi connectivity index (χ3v) is 3.78. The van der Waals surface area contributed by atoms with Crippen LogP contribution in [0.4, 0.5) is 0 Å². The Hall–Kier alpha value is -0.660. The van der Waals surface area contributed by atoms with Crippen LogP contribution in [0.1, 0.15) is 19.3 Å². The van der Waals surface area contributed by atoms with E-state index in [1.165, 1.54) is 0 Å². The van der Waals surface area contributed by atoms with E-state index in [4.69, 9.17) is 5.73 Å². The lowest BCUT2D eigenvalue weighted by molar-refractivity contribution is 0.621. The fourth-order valence-corrected chi connectivity index (χ4v) is 3.01. The van der Waals surface area contributed by atoms with Crippen LogP contribution in [0, 0.1) is 0 Å². The second kappa shape index (κ2) is 4.03. The molecule has 1 unspecified atom stereocenters. The Kier molecular flexibility index (Phi) is 3.23. The number of rotatable bonds is 0. The fourth-order valence-electron chi connectivity index (χ4n) is 1.33. The fraction of sp³-hybridized carbons (Fsp3) is 0.667. The monoisotopic (exact) mass is 223 g/mol. The highest BCUT2D eigenvalue weighted by Gasteiger charge is 2.25. The number of hydrogen-bond donors (Lipinski definition) is 1. The van der Waals surface area contributed by atoms with Gasteiger partial charge in [-0.15, -0.1) is 0 Å². The topological polar surface area (TPSA) is 94.3 Å². The standard InChI is InChI=1S/C6H9NO4S2/c7-4-2-1-3-5(12(8)9)6(4)13(10)11/h4H,1-3,7H2. The highest BCUT2D eigenvalue weighted by atomic mass is 32.2. The summed E-state index contributed by atoms with van der Waals surface area (Å²) in [6, 6.07) is -0.667. The van der Waals surface area contributed by atoms with E-state index in [-0.39, 0.29) is 16.1 Å². The zero-order valence-electron chi connectivity index (χ0n) is 6.73. The van der Waals surface area contributed by atoms with Crippen LogP contribution in [0.15, 0.2) is 0 Å². The van der Waals surface area contributed by atoms with E-state index in [1.807, 2.05) is 0 Å². The van der Waals surface area contributed by atoms with Gasteiger partial charge >= 0.3 is 0 Å². The molecule has 0 aromatic heterocycles. The summed E-state index contributed by atoms with van der Waals surface area (Å²) in [7, 11) is -4.99. The van der Waals surface area contributed by atoms with Crippen LogP contribution in [0.2, 0.25) is 0 Å². The summed E-state index contributed by atoms with van der Waals surface area (Å²) in [4.78, 5) is -0.216. The van der Waals surface area contributed by atoms with Gasteiger partial charge in [0, 0.05) is 6.04 Å². The molecule has 0 spiro atoms. The second-order valence-electron chi connectivity index (χ2n) is 2.76. The Morgan fingerprint density at radius 1 is 1.15 bits per heavy atom. The van der Waals surface area contributed by atoms with Gasteiger partial charge in [0.05, 0.1) is 4.86 Å². The van der Waals surface area contributed by atoms with Gasteiger partial charge in [-0.25, -0.2) is 0 Å². The van der Waals surface area contributed by atoms with Crippen molar-refractivity contribution >= 4 is 30.3 Å². The average Bonchev–Trinajstić information content (AvgIpc) is 2.02. The zero-order chi connectivity index (χ0) is 10.0. The third-order valence-electron chi connectivity index (χ3n) is 1.91. The summed E-state index contributed by atoms with van der Waals surface area (Å²) in [6.45, 7) is 0. The van der Waals surface area contributed by atoms with Gasteiger partial charge in [0.2, 0.25) is 20.6 Å². The van der Waals surface area contributed by atoms with E-state index in [9.17, 15) is 16.8 Å². The smallest absolute Gasteiger partial charge is 0.220 e. The maximum absolute atomic E-state index is 10.7. The predicted molar refractivity (Wildman–Crippen MR) is 49.7 cm³/mol. The van der Waals surface area contributed by atoms with Crippen molar-refractivity contribution in [1.29, 1.82) is 0 Å². The van der Waals surface area contributed by atoms with Crippen molar-refractivity contribution in [3.8, 4) is 0 Å². The molecule has 0 amide bonds. The molecular formula is C6H9NO4S2. The van der Waals surface area contributed by atoms with Crippen LogP contribution in [-0.4, -0.2) is 32.6 Å². The second-order valence-corrected chi connectivity index (χ2v) is 4.63. The minimum atomic E-state index is -2.52. The highest BCUT2D eigenvalue weighted by Crippen LogP contribution is 2.11. The van der Waals surface area contributed by atoms with E-state index in [2.05, 4.69) is 0 Å². The van der Waals surface area contributed by atoms with E-state index >= 15 is 0 Å². The van der Waals surface area contributed by atoms with Crippen LogP contribution in [-0.2, 0) is 20.6 Å². The molecule has 2 N–H and O–H groups in total. The minimum Gasteiger partial charge on any atom is -0.323 e. The first-order valence-corrected chi connectivity index (χ1v) is 5.86. The van der Waals surface area contributed by atoms with Crippen LogP contribution < -0.4 is 5.73 Å². The van der Waals surface area contributed by atoms with Crippen molar-refractivity contribution in [2.75, 3.05) is 0 Å². The molecule has 1 aliphatic carbocycles. The maximum atomic E-state index is 10.7. The molecule has 1 rings (SSSR count). The Bertz CT molecular complexity index is 455. The van der Waals surface area contributed by atoms with Gasteiger partial charge in [0.25, 0.3) is 0 Å². The quantitative estimate of drug-likeness (QED) is 0.510. The molecular weight excluding hydrogens is 214 g/mol. The number of nitrogens with two attached hydrogens (primary N) is 1. The van der Waals surface area contributed by atoms with Crippen LogP contribution in [0.5, 0.6) is 0 Å². The molecule has 0 heterocycles. The van der Waals surface area contributed by atoms with Crippen molar-refractivity contribution in [3.05, 3.63) is 0 Å². The lowest BCUT2D eigenvalue weighted by atomic mass is 9.96. The molecule has 13 heavy (non-hydrogen) atoms. The summed E-state index contributed by atoms with van der Waals surface area (Å²) in [5, 5.41) is 0. The molecule has 0 aliphatic heterocycles. The summed E-state index contributed by atoms with van der Waals surface area (Å²) in [5.74, 6) is 0. The first-order valence-electron chi connectivity index (χ1n) is 3.71. The van der Waals surface area contributed by atoms with Gasteiger partial charge < -0.3 is 5.73 Å². The van der Waals surface area contributed by atoms with E-state index < -0.39 is 26.6 Å². The summed E-state index contributed by atoms with van der Waals surface area (Å²) in [6.07, 6.45) is 1.41. The van der Waals surface area contributed by atoms with Gasteiger partial charge in [0.15, 0.2) is 0 Å². The van der Waals surface area contributed by atoms with E-state index in [0.717, 1.165) is 0 Å². The molecule has 0 saturated heterocycles. The lowest BCUT2D eigenvalue weighted by Crippen LogP contribution is -2.40. The van der Waals surface area contributed by atoms with Crippen molar-refractivity contribution in [2.24, 2.45) is 5.73 Å². The molecule has 74 valence electrons. The molecule has 0 radical (unpaired) electrons. The molecule has 0 aromatic carbocycles. The molecule has 1 fully saturated rings. The molecule has 7 heteroatoms. The van der Waals surface area contributed by atoms with Crippen LogP contribution in [0.25, 0.3) is 0 Å². The highest BCUT2D eigenvalue weighted by molar-refractivity contribution is 7.82.